The maximum Gasteiger partial charge on any atom is 0.264 e. The van der Waals surface area contributed by atoms with Crippen LogP contribution in [-0.4, -0.2) is 31.2 Å². The molecule has 1 unspecified atom stereocenters. The largest absolute Gasteiger partial charge is 0.324 e. The number of hydrogen-bond donors (Lipinski definition) is 1. The number of sulfonamides is 1. The molecular formula is C19H20N4O3S. The molecule has 1 amide bonds. The molecule has 0 aliphatic rings. The number of para-hydroxylation sites is 1. The molecule has 27 heavy (non-hydrogen) atoms. The Balaban J connectivity index is 1.82. The number of nitrogens with one attached hydrogen (secondary N) is 1. The summed E-state index contributed by atoms with van der Waals surface area (Å²) in [5.74, 6) is -0.287. The molecule has 0 bridgehead atoms. The van der Waals surface area contributed by atoms with E-state index in [4.69, 9.17) is 0 Å². The van der Waals surface area contributed by atoms with Gasteiger partial charge in [0.1, 0.15) is 6.04 Å². The normalized spacial score (nSPS) is 12.4. The van der Waals surface area contributed by atoms with E-state index in [1.807, 2.05) is 6.07 Å². The van der Waals surface area contributed by atoms with Gasteiger partial charge in [-0.1, -0.05) is 24.3 Å². The molecule has 0 aliphatic heterocycles. The molecule has 0 spiro atoms. The highest BCUT2D eigenvalue weighted by Crippen LogP contribution is 2.24. The quantitative estimate of drug-likeness (QED) is 0.708. The van der Waals surface area contributed by atoms with E-state index in [0.29, 0.717) is 11.4 Å². The van der Waals surface area contributed by atoms with Crippen LogP contribution in [0.3, 0.4) is 0 Å². The number of aromatic nitrogens is 2. The van der Waals surface area contributed by atoms with E-state index in [1.165, 1.54) is 28.2 Å². The zero-order valence-corrected chi connectivity index (χ0v) is 15.8. The van der Waals surface area contributed by atoms with Crippen molar-refractivity contribution in [3.05, 3.63) is 73.1 Å². The van der Waals surface area contributed by atoms with Gasteiger partial charge in [-0.05, 0) is 43.3 Å². The Kier molecular flexibility index (Phi) is 5.27. The van der Waals surface area contributed by atoms with Crippen molar-refractivity contribution in [1.29, 1.82) is 0 Å². The molecule has 0 fully saturated rings. The van der Waals surface area contributed by atoms with Gasteiger partial charge in [-0.15, -0.1) is 0 Å². The summed E-state index contributed by atoms with van der Waals surface area (Å²) in [5, 5.41) is 6.78. The zero-order valence-electron chi connectivity index (χ0n) is 15.0. The minimum Gasteiger partial charge on any atom is -0.324 e. The van der Waals surface area contributed by atoms with Crippen LogP contribution in [0, 0.1) is 0 Å². The van der Waals surface area contributed by atoms with Crippen molar-refractivity contribution in [2.24, 2.45) is 0 Å². The van der Waals surface area contributed by atoms with Crippen molar-refractivity contribution in [2.75, 3.05) is 16.7 Å². The van der Waals surface area contributed by atoms with Gasteiger partial charge in [0, 0.05) is 25.1 Å². The standard InChI is InChI=1S/C19H20N4O3S/c1-15(23-13-7-12-20-23)19(24)21-16-8-6-11-18(14-16)27(25,26)22(2)17-9-4-3-5-10-17/h3-15H,1-2H3,(H,21,24). The molecule has 0 saturated carbocycles. The summed E-state index contributed by atoms with van der Waals surface area (Å²) in [6.07, 6.45) is 3.29. The molecule has 8 heteroatoms. The highest BCUT2D eigenvalue weighted by molar-refractivity contribution is 7.92. The molecule has 1 aromatic heterocycles. The average molecular weight is 384 g/mol. The zero-order chi connectivity index (χ0) is 19.4. The van der Waals surface area contributed by atoms with E-state index >= 15 is 0 Å². The fourth-order valence-corrected chi connectivity index (χ4v) is 3.79. The third-order valence-electron chi connectivity index (χ3n) is 4.18. The maximum absolute atomic E-state index is 12.9. The van der Waals surface area contributed by atoms with Crippen LogP contribution in [0.1, 0.15) is 13.0 Å². The lowest BCUT2D eigenvalue weighted by atomic mass is 10.2. The van der Waals surface area contributed by atoms with E-state index in [2.05, 4.69) is 10.4 Å². The molecule has 140 valence electrons. The topological polar surface area (TPSA) is 84.3 Å². The minimum absolute atomic E-state index is 0.0957. The Labute approximate surface area is 158 Å². The molecule has 1 N–H and O–H groups in total. The van der Waals surface area contributed by atoms with Gasteiger partial charge in [-0.25, -0.2) is 8.42 Å². The second-order valence-electron chi connectivity index (χ2n) is 5.99. The molecule has 0 radical (unpaired) electrons. The fraction of sp³-hybridized carbons (Fsp3) is 0.158. The summed E-state index contributed by atoms with van der Waals surface area (Å²) in [4.78, 5) is 12.5. The molecule has 1 heterocycles. The Hall–Kier alpha value is -3.13. The van der Waals surface area contributed by atoms with Gasteiger partial charge in [0.25, 0.3) is 10.0 Å². The van der Waals surface area contributed by atoms with E-state index in [1.54, 1.807) is 61.8 Å². The monoisotopic (exact) mass is 384 g/mol. The molecular weight excluding hydrogens is 364 g/mol. The number of hydrogen-bond acceptors (Lipinski definition) is 4. The third kappa shape index (κ3) is 4.01. The van der Waals surface area contributed by atoms with Crippen LogP contribution >= 0.6 is 0 Å². The second-order valence-corrected chi connectivity index (χ2v) is 7.96. The highest BCUT2D eigenvalue weighted by Gasteiger charge is 2.22. The van der Waals surface area contributed by atoms with Gasteiger partial charge in [0.05, 0.1) is 10.6 Å². The molecule has 0 saturated heterocycles. The van der Waals surface area contributed by atoms with Gasteiger partial charge < -0.3 is 5.32 Å². The van der Waals surface area contributed by atoms with Crippen LogP contribution in [0.4, 0.5) is 11.4 Å². The first-order chi connectivity index (χ1) is 12.9. The predicted molar refractivity (Wildman–Crippen MR) is 104 cm³/mol. The van der Waals surface area contributed by atoms with Crippen LogP contribution in [-0.2, 0) is 14.8 Å². The van der Waals surface area contributed by atoms with Crippen LogP contribution in [0.25, 0.3) is 0 Å². The first-order valence-electron chi connectivity index (χ1n) is 8.33. The number of benzene rings is 2. The van der Waals surface area contributed by atoms with Crippen molar-refractivity contribution < 1.29 is 13.2 Å². The molecule has 0 aliphatic carbocycles. The first-order valence-corrected chi connectivity index (χ1v) is 9.77. The minimum atomic E-state index is -3.75. The van der Waals surface area contributed by atoms with Crippen molar-refractivity contribution in [1.82, 2.24) is 9.78 Å². The van der Waals surface area contributed by atoms with Crippen molar-refractivity contribution in [2.45, 2.75) is 17.9 Å². The number of nitrogens with zero attached hydrogens (tertiary/aromatic N) is 3. The summed E-state index contributed by atoms with van der Waals surface area (Å²) in [6.45, 7) is 1.71. The maximum atomic E-state index is 12.9. The molecule has 1 atom stereocenters. The Morgan fingerprint density at radius 3 is 2.52 bits per heavy atom. The predicted octanol–water partition coefficient (Wildman–Crippen LogP) is 2.91. The molecule has 2 aromatic carbocycles. The summed E-state index contributed by atoms with van der Waals surface area (Å²) in [6, 6.07) is 16.2. The Bertz CT molecular complexity index is 1020. The SMILES string of the molecule is CC(C(=O)Nc1cccc(S(=O)(=O)N(C)c2ccccc2)c1)n1cccn1. The van der Waals surface area contributed by atoms with E-state index in [-0.39, 0.29) is 10.8 Å². The summed E-state index contributed by atoms with van der Waals surface area (Å²) in [7, 11) is -2.25. The Morgan fingerprint density at radius 1 is 1.11 bits per heavy atom. The van der Waals surface area contributed by atoms with Crippen LogP contribution in [0.2, 0.25) is 0 Å². The van der Waals surface area contributed by atoms with E-state index in [9.17, 15) is 13.2 Å². The lowest BCUT2D eigenvalue weighted by Gasteiger charge is -2.20. The summed E-state index contributed by atoms with van der Waals surface area (Å²) < 4.78 is 28.5. The number of rotatable bonds is 6. The molecule has 3 rings (SSSR count). The van der Waals surface area contributed by atoms with Crippen molar-refractivity contribution in [3.63, 3.8) is 0 Å². The van der Waals surface area contributed by atoms with Crippen molar-refractivity contribution in [3.8, 4) is 0 Å². The van der Waals surface area contributed by atoms with Gasteiger partial charge in [0.15, 0.2) is 0 Å². The van der Waals surface area contributed by atoms with Gasteiger partial charge in [0.2, 0.25) is 5.91 Å². The van der Waals surface area contributed by atoms with Crippen LogP contribution in [0.15, 0.2) is 78.0 Å². The number of anilines is 2. The highest BCUT2D eigenvalue weighted by atomic mass is 32.2. The molecule has 7 nitrogen and oxygen atoms in total. The number of carbonyl (C=O) groups excluding carboxylic acids is 1. The number of carbonyl (C=O) groups is 1. The number of amides is 1. The lowest BCUT2D eigenvalue weighted by molar-refractivity contribution is -0.119. The summed E-state index contributed by atoms with van der Waals surface area (Å²) >= 11 is 0. The third-order valence-corrected chi connectivity index (χ3v) is 5.96. The van der Waals surface area contributed by atoms with Crippen LogP contribution < -0.4 is 9.62 Å². The Morgan fingerprint density at radius 2 is 1.85 bits per heavy atom. The van der Waals surface area contributed by atoms with Gasteiger partial charge in [-0.3, -0.25) is 13.8 Å². The lowest BCUT2D eigenvalue weighted by Crippen LogP contribution is -2.27. The van der Waals surface area contributed by atoms with Crippen LogP contribution in [0.5, 0.6) is 0 Å². The average Bonchev–Trinajstić information content (AvgIpc) is 3.22. The molecule has 3 aromatic rings. The van der Waals surface area contributed by atoms with Crippen molar-refractivity contribution >= 4 is 27.3 Å². The first kappa shape index (κ1) is 18.7. The smallest absolute Gasteiger partial charge is 0.264 e. The van der Waals surface area contributed by atoms with E-state index in [0.717, 1.165) is 0 Å². The summed E-state index contributed by atoms with van der Waals surface area (Å²) in [5.41, 5.74) is 0.959. The van der Waals surface area contributed by atoms with Gasteiger partial charge >= 0.3 is 0 Å². The van der Waals surface area contributed by atoms with E-state index < -0.39 is 16.1 Å². The second kappa shape index (κ2) is 7.63. The fourth-order valence-electron chi connectivity index (χ4n) is 2.55. The van der Waals surface area contributed by atoms with Gasteiger partial charge in [-0.2, -0.15) is 5.10 Å².